The molecule has 0 saturated heterocycles. The second kappa shape index (κ2) is 6.68. The first kappa shape index (κ1) is 14.0. The van der Waals surface area contributed by atoms with Gasteiger partial charge >= 0.3 is 0 Å². The molecular weight excluding hydrogens is 252 g/mol. The van der Waals surface area contributed by atoms with Crippen molar-refractivity contribution in [2.24, 2.45) is 10.9 Å². The number of hydrogen-bond acceptors (Lipinski definition) is 4. The molecular formula is C15H18N4O. The van der Waals surface area contributed by atoms with E-state index in [9.17, 15) is 0 Å². The Morgan fingerprint density at radius 3 is 2.50 bits per heavy atom. The van der Waals surface area contributed by atoms with Gasteiger partial charge in [0.25, 0.3) is 0 Å². The Bertz CT molecular complexity index is 566. The van der Waals surface area contributed by atoms with Gasteiger partial charge in [-0.05, 0) is 30.2 Å². The number of hydrogen-bond donors (Lipinski definition) is 3. The van der Waals surface area contributed by atoms with Gasteiger partial charge in [0.2, 0.25) is 0 Å². The van der Waals surface area contributed by atoms with Crippen LogP contribution in [0.15, 0.2) is 53.9 Å². The quantitative estimate of drug-likeness (QED) is 0.336. The van der Waals surface area contributed by atoms with E-state index in [0.717, 1.165) is 12.1 Å². The van der Waals surface area contributed by atoms with E-state index in [1.165, 1.54) is 5.56 Å². The van der Waals surface area contributed by atoms with Crippen LogP contribution < -0.4 is 11.1 Å². The van der Waals surface area contributed by atoms with Gasteiger partial charge in [0.15, 0.2) is 5.84 Å². The van der Waals surface area contributed by atoms with E-state index in [2.05, 4.69) is 22.4 Å². The number of nitrogens with zero attached hydrogens (tertiary/aromatic N) is 2. The largest absolute Gasteiger partial charge is 0.409 e. The third kappa shape index (κ3) is 3.55. The van der Waals surface area contributed by atoms with Crippen molar-refractivity contribution in [3.8, 4) is 0 Å². The fraction of sp³-hybridized carbons (Fsp3) is 0.200. The molecule has 0 aliphatic carbocycles. The van der Waals surface area contributed by atoms with Gasteiger partial charge in [0, 0.05) is 30.5 Å². The highest BCUT2D eigenvalue weighted by Crippen LogP contribution is 2.12. The van der Waals surface area contributed by atoms with Crippen molar-refractivity contribution >= 4 is 5.84 Å². The second-order valence-electron chi connectivity index (χ2n) is 4.57. The summed E-state index contributed by atoms with van der Waals surface area (Å²) in [6, 6.07) is 11.8. The Balaban J connectivity index is 1.94. The number of benzene rings is 1. The topological polar surface area (TPSA) is 83.5 Å². The average molecular weight is 270 g/mol. The van der Waals surface area contributed by atoms with Crippen molar-refractivity contribution in [3.63, 3.8) is 0 Å². The molecule has 0 spiro atoms. The van der Waals surface area contributed by atoms with Crippen molar-refractivity contribution in [3.05, 3.63) is 65.5 Å². The van der Waals surface area contributed by atoms with Gasteiger partial charge in [0.05, 0.1) is 0 Å². The Morgan fingerprint density at radius 1 is 1.25 bits per heavy atom. The molecule has 5 heteroatoms. The molecule has 1 atom stereocenters. The summed E-state index contributed by atoms with van der Waals surface area (Å²) in [7, 11) is 0. The van der Waals surface area contributed by atoms with Gasteiger partial charge in [-0.25, -0.2) is 0 Å². The number of amidine groups is 1. The minimum atomic E-state index is 0.120. The highest BCUT2D eigenvalue weighted by molar-refractivity contribution is 5.96. The van der Waals surface area contributed by atoms with Gasteiger partial charge in [-0.15, -0.1) is 0 Å². The van der Waals surface area contributed by atoms with E-state index < -0.39 is 0 Å². The molecule has 0 aliphatic rings. The third-order valence-corrected chi connectivity index (χ3v) is 3.18. The second-order valence-corrected chi connectivity index (χ2v) is 4.57. The summed E-state index contributed by atoms with van der Waals surface area (Å²) >= 11 is 0. The normalized spacial score (nSPS) is 13.2. The van der Waals surface area contributed by atoms with Crippen molar-refractivity contribution in [1.29, 1.82) is 0 Å². The van der Waals surface area contributed by atoms with E-state index in [0.29, 0.717) is 5.56 Å². The van der Waals surface area contributed by atoms with E-state index in [4.69, 9.17) is 10.9 Å². The summed E-state index contributed by atoms with van der Waals surface area (Å²) in [5.41, 5.74) is 8.57. The number of rotatable bonds is 5. The van der Waals surface area contributed by atoms with Crippen LogP contribution in [0.25, 0.3) is 0 Å². The summed E-state index contributed by atoms with van der Waals surface area (Å²) in [4.78, 5) is 4.01. The van der Waals surface area contributed by atoms with Crippen molar-refractivity contribution < 1.29 is 5.21 Å². The van der Waals surface area contributed by atoms with Crippen LogP contribution in [-0.2, 0) is 6.54 Å². The smallest absolute Gasteiger partial charge is 0.170 e. The Labute approximate surface area is 118 Å². The number of oxime groups is 1. The van der Waals surface area contributed by atoms with Crippen LogP contribution in [0.3, 0.4) is 0 Å². The molecule has 0 aliphatic heterocycles. The van der Waals surface area contributed by atoms with Gasteiger partial charge in [-0.1, -0.05) is 29.4 Å². The predicted molar refractivity (Wildman–Crippen MR) is 78.4 cm³/mol. The highest BCUT2D eigenvalue weighted by atomic mass is 16.4. The maximum Gasteiger partial charge on any atom is 0.170 e. The molecule has 104 valence electrons. The van der Waals surface area contributed by atoms with Gasteiger partial charge in [0.1, 0.15) is 0 Å². The lowest BCUT2D eigenvalue weighted by molar-refractivity contribution is 0.318. The molecule has 0 radical (unpaired) electrons. The molecule has 0 saturated carbocycles. The van der Waals surface area contributed by atoms with E-state index in [1.54, 1.807) is 12.4 Å². The van der Waals surface area contributed by atoms with Crippen LogP contribution in [0.5, 0.6) is 0 Å². The zero-order valence-corrected chi connectivity index (χ0v) is 11.3. The number of nitrogens with two attached hydrogens (primary N) is 1. The lowest BCUT2D eigenvalue weighted by atomic mass is 10.1. The number of pyridine rings is 1. The van der Waals surface area contributed by atoms with Crippen molar-refractivity contribution in [1.82, 2.24) is 10.3 Å². The summed E-state index contributed by atoms with van der Waals surface area (Å²) < 4.78 is 0. The van der Waals surface area contributed by atoms with Crippen LogP contribution in [0.1, 0.15) is 29.7 Å². The Kier molecular flexibility index (Phi) is 4.68. The predicted octanol–water partition coefficient (Wildman–Crippen LogP) is 2.03. The zero-order valence-electron chi connectivity index (χ0n) is 11.3. The average Bonchev–Trinajstić information content (AvgIpc) is 2.53. The van der Waals surface area contributed by atoms with Crippen LogP contribution >= 0.6 is 0 Å². The summed E-state index contributed by atoms with van der Waals surface area (Å²) in [6.45, 7) is 2.86. The molecule has 0 amide bonds. The minimum absolute atomic E-state index is 0.120. The number of nitrogens with one attached hydrogen (secondary N) is 1. The molecule has 0 unspecified atom stereocenters. The van der Waals surface area contributed by atoms with E-state index in [-0.39, 0.29) is 11.9 Å². The fourth-order valence-electron chi connectivity index (χ4n) is 1.89. The molecule has 4 N–H and O–H groups in total. The first-order valence-corrected chi connectivity index (χ1v) is 6.41. The first-order chi connectivity index (χ1) is 9.70. The SMILES string of the molecule is C[C@@H](NCc1ccc(/C(N)=N/O)cc1)c1ccncc1. The van der Waals surface area contributed by atoms with Gasteiger partial charge in [-0.2, -0.15) is 0 Å². The third-order valence-electron chi connectivity index (χ3n) is 3.18. The molecule has 0 fully saturated rings. The van der Waals surface area contributed by atoms with E-state index >= 15 is 0 Å². The van der Waals surface area contributed by atoms with Crippen LogP contribution in [-0.4, -0.2) is 16.0 Å². The molecule has 20 heavy (non-hydrogen) atoms. The lowest BCUT2D eigenvalue weighted by Gasteiger charge is -2.14. The maximum atomic E-state index is 8.61. The molecule has 2 rings (SSSR count). The van der Waals surface area contributed by atoms with Crippen molar-refractivity contribution in [2.75, 3.05) is 0 Å². The van der Waals surface area contributed by atoms with Gasteiger partial charge in [-0.3, -0.25) is 4.98 Å². The molecule has 5 nitrogen and oxygen atoms in total. The van der Waals surface area contributed by atoms with Crippen LogP contribution in [0.4, 0.5) is 0 Å². The molecule has 1 aromatic carbocycles. The number of aromatic nitrogens is 1. The Morgan fingerprint density at radius 2 is 1.90 bits per heavy atom. The zero-order chi connectivity index (χ0) is 14.4. The fourth-order valence-corrected chi connectivity index (χ4v) is 1.89. The molecule has 0 bridgehead atoms. The summed E-state index contributed by atoms with van der Waals surface area (Å²) in [5.74, 6) is 0.120. The van der Waals surface area contributed by atoms with Crippen LogP contribution in [0, 0.1) is 0 Å². The van der Waals surface area contributed by atoms with Gasteiger partial charge < -0.3 is 16.3 Å². The summed E-state index contributed by atoms with van der Waals surface area (Å²) in [6.07, 6.45) is 3.58. The monoisotopic (exact) mass is 270 g/mol. The highest BCUT2D eigenvalue weighted by Gasteiger charge is 2.04. The minimum Gasteiger partial charge on any atom is -0.409 e. The molecule has 1 heterocycles. The molecule has 2 aromatic rings. The summed E-state index contributed by atoms with van der Waals surface area (Å²) in [5, 5.41) is 15.0. The standard InChI is InChI=1S/C15H18N4O/c1-11(13-6-8-17-9-7-13)18-10-12-2-4-14(5-3-12)15(16)19-20/h2-9,11,18,20H,10H2,1H3,(H2,16,19)/t11-/m1/s1. The van der Waals surface area contributed by atoms with Crippen LogP contribution in [0.2, 0.25) is 0 Å². The maximum absolute atomic E-state index is 8.61. The van der Waals surface area contributed by atoms with Crippen molar-refractivity contribution in [2.45, 2.75) is 19.5 Å². The molecule has 1 aromatic heterocycles. The first-order valence-electron chi connectivity index (χ1n) is 6.41. The lowest BCUT2D eigenvalue weighted by Crippen LogP contribution is -2.18. The van der Waals surface area contributed by atoms with E-state index in [1.807, 2.05) is 36.4 Å². The Hall–Kier alpha value is -2.40.